The Bertz CT molecular complexity index is 1750. The zero-order valence-electron chi connectivity index (χ0n) is 19.9. The first kappa shape index (κ1) is 21.2. The molecule has 172 valence electrons. The Labute approximate surface area is 203 Å². The number of ether oxygens (including phenoxy) is 1. The minimum Gasteiger partial charge on any atom is -0.506 e. The number of fused-ring (bicyclic) bond motifs is 4. The fraction of sp³-hybridized carbons (Fsp3) is 0.133. The molecule has 35 heavy (non-hydrogen) atoms. The van der Waals surface area contributed by atoms with Crippen LogP contribution >= 0.6 is 0 Å². The van der Waals surface area contributed by atoms with Crippen LogP contribution in [0.4, 0.5) is 0 Å². The van der Waals surface area contributed by atoms with Crippen LogP contribution in [0.1, 0.15) is 23.7 Å². The monoisotopic (exact) mass is 459 g/mol. The van der Waals surface area contributed by atoms with E-state index in [2.05, 4.69) is 40.7 Å². The topological polar surface area (TPSA) is 60.2 Å². The van der Waals surface area contributed by atoms with Crippen molar-refractivity contribution in [2.75, 3.05) is 0 Å². The summed E-state index contributed by atoms with van der Waals surface area (Å²) in [6.45, 7) is 6.14. The highest BCUT2D eigenvalue weighted by Crippen LogP contribution is 2.37. The molecular formula is C30H25N3O2. The lowest BCUT2D eigenvalue weighted by Gasteiger charge is -2.11. The highest BCUT2D eigenvalue weighted by molar-refractivity contribution is 6.10. The molecule has 0 atom stereocenters. The largest absolute Gasteiger partial charge is 0.506 e. The molecule has 3 heterocycles. The number of para-hydroxylation sites is 1. The summed E-state index contributed by atoms with van der Waals surface area (Å²) in [7, 11) is 0. The van der Waals surface area contributed by atoms with Crippen LogP contribution in [-0.2, 0) is 6.42 Å². The maximum atomic E-state index is 10.4. The first-order valence-electron chi connectivity index (χ1n) is 11.8. The van der Waals surface area contributed by atoms with E-state index in [9.17, 15) is 5.11 Å². The highest BCUT2D eigenvalue weighted by Gasteiger charge is 2.17. The summed E-state index contributed by atoms with van der Waals surface area (Å²) in [6.07, 6.45) is 0.923. The van der Waals surface area contributed by atoms with Crippen molar-refractivity contribution in [3.05, 3.63) is 95.7 Å². The average Bonchev–Trinajstić information content (AvgIpc) is 3.18. The van der Waals surface area contributed by atoms with Gasteiger partial charge in [-0.25, -0.2) is 9.97 Å². The van der Waals surface area contributed by atoms with Crippen molar-refractivity contribution in [3.8, 4) is 23.2 Å². The average molecular weight is 460 g/mol. The molecule has 3 aromatic heterocycles. The molecule has 6 aromatic rings. The number of hydrogen-bond donors (Lipinski definition) is 1. The third kappa shape index (κ3) is 3.56. The van der Waals surface area contributed by atoms with Gasteiger partial charge in [-0.1, -0.05) is 31.2 Å². The molecule has 0 aliphatic carbocycles. The number of aryl methyl sites for hydroxylation is 3. The molecule has 5 heteroatoms. The van der Waals surface area contributed by atoms with Crippen molar-refractivity contribution in [1.82, 2.24) is 14.5 Å². The summed E-state index contributed by atoms with van der Waals surface area (Å²) in [5, 5.41) is 13.6. The summed E-state index contributed by atoms with van der Waals surface area (Å²) in [5.74, 6) is 2.14. The lowest BCUT2D eigenvalue weighted by molar-refractivity contribution is 0.460. The van der Waals surface area contributed by atoms with Crippen molar-refractivity contribution in [2.24, 2.45) is 0 Å². The van der Waals surface area contributed by atoms with Gasteiger partial charge in [0.05, 0.1) is 11.0 Å². The Morgan fingerprint density at radius 1 is 0.857 bits per heavy atom. The lowest BCUT2D eigenvalue weighted by atomic mass is 10.1. The molecule has 0 saturated heterocycles. The van der Waals surface area contributed by atoms with Gasteiger partial charge in [-0.3, -0.25) is 4.57 Å². The Balaban J connectivity index is 1.54. The molecule has 0 spiro atoms. The number of phenolic OH excluding ortho intramolecular Hbond substituents is 1. The summed E-state index contributed by atoms with van der Waals surface area (Å²) in [6, 6.07) is 26.1. The zero-order chi connectivity index (χ0) is 24.1. The molecule has 5 nitrogen and oxygen atoms in total. The molecule has 0 saturated carbocycles. The Hall–Kier alpha value is -4.38. The molecule has 3 aromatic carbocycles. The number of phenols is 1. The van der Waals surface area contributed by atoms with Gasteiger partial charge in [0.25, 0.3) is 0 Å². The van der Waals surface area contributed by atoms with Crippen LogP contribution in [-0.4, -0.2) is 19.6 Å². The summed E-state index contributed by atoms with van der Waals surface area (Å²) in [4.78, 5) is 9.40. The standard InChI is InChI=1S/C30H25N3O2/c1-4-20-8-6-9-24-23-13-12-22(17-25(23)33(30(20)24)27-10-5-7-19(3)31-27)35-28-14-11-21-15-18(2)16-26(34)29(21)32-28/h5-17,34H,4H2,1-3H3. The van der Waals surface area contributed by atoms with E-state index in [0.29, 0.717) is 17.1 Å². The molecule has 1 N–H and O–H groups in total. The van der Waals surface area contributed by atoms with Crippen LogP contribution in [0.25, 0.3) is 38.5 Å². The number of pyridine rings is 2. The lowest BCUT2D eigenvalue weighted by Crippen LogP contribution is -2.00. The number of benzene rings is 3. The van der Waals surface area contributed by atoms with Crippen molar-refractivity contribution in [3.63, 3.8) is 0 Å². The van der Waals surface area contributed by atoms with Crippen LogP contribution < -0.4 is 4.74 Å². The van der Waals surface area contributed by atoms with Crippen LogP contribution in [0.3, 0.4) is 0 Å². The van der Waals surface area contributed by atoms with E-state index in [1.807, 2.05) is 62.4 Å². The zero-order valence-corrected chi connectivity index (χ0v) is 19.9. The van der Waals surface area contributed by atoms with Crippen molar-refractivity contribution < 1.29 is 9.84 Å². The summed E-state index contributed by atoms with van der Waals surface area (Å²) < 4.78 is 8.42. The second-order valence-electron chi connectivity index (χ2n) is 8.93. The number of nitrogens with zero attached hydrogens (tertiary/aromatic N) is 3. The second kappa shape index (κ2) is 8.13. The summed E-state index contributed by atoms with van der Waals surface area (Å²) in [5.41, 5.74) is 5.95. The van der Waals surface area contributed by atoms with E-state index in [0.717, 1.165) is 39.8 Å². The first-order chi connectivity index (χ1) is 17.0. The third-order valence-corrected chi connectivity index (χ3v) is 6.44. The molecule has 0 unspecified atom stereocenters. The first-order valence-corrected chi connectivity index (χ1v) is 11.8. The van der Waals surface area contributed by atoms with Gasteiger partial charge >= 0.3 is 0 Å². The maximum absolute atomic E-state index is 10.4. The number of hydrogen-bond acceptors (Lipinski definition) is 4. The van der Waals surface area contributed by atoms with Crippen molar-refractivity contribution in [1.29, 1.82) is 0 Å². The van der Waals surface area contributed by atoms with E-state index in [1.165, 1.54) is 16.5 Å². The fourth-order valence-corrected chi connectivity index (χ4v) is 4.88. The molecule has 6 rings (SSSR count). The number of aromatic hydroxyl groups is 1. The van der Waals surface area contributed by atoms with Gasteiger partial charge in [0, 0.05) is 34.0 Å². The van der Waals surface area contributed by atoms with E-state index >= 15 is 0 Å². The minimum atomic E-state index is 0.152. The minimum absolute atomic E-state index is 0.152. The molecule has 0 amide bonds. The predicted molar refractivity (Wildman–Crippen MR) is 141 cm³/mol. The van der Waals surface area contributed by atoms with Gasteiger partial charge in [-0.05, 0) is 73.9 Å². The number of aromatic nitrogens is 3. The predicted octanol–water partition coefficient (Wildman–Crippen LogP) is 7.40. The molecular weight excluding hydrogens is 434 g/mol. The molecule has 0 aliphatic heterocycles. The van der Waals surface area contributed by atoms with Gasteiger partial charge in [0.15, 0.2) is 0 Å². The van der Waals surface area contributed by atoms with Crippen LogP contribution in [0.15, 0.2) is 78.9 Å². The van der Waals surface area contributed by atoms with Crippen LogP contribution in [0, 0.1) is 13.8 Å². The third-order valence-electron chi connectivity index (χ3n) is 6.44. The normalized spacial score (nSPS) is 11.5. The van der Waals surface area contributed by atoms with E-state index in [1.54, 1.807) is 6.07 Å². The smallest absolute Gasteiger partial charge is 0.219 e. The van der Waals surface area contributed by atoms with E-state index < -0.39 is 0 Å². The van der Waals surface area contributed by atoms with Crippen LogP contribution in [0.5, 0.6) is 17.4 Å². The quantitative estimate of drug-likeness (QED) is 0.298. The SMILES string of the molecule is CCc1cccc2c3ccc(Oc4ccc5cc(C)cc(O)c5n4)cc3n(-c3cccc(C)n3)c12. The van der Waals surface area contributed by atoms with Crippen LogP contribution in [0.2, 0.25) is 0 Å². The number of rotatable bonds is 4. The molecule has 0 aliphatic rings. The van der Waals surface area contributed by atoms with E-state index in [4.69, 9.17) is 9.72 Å². The second-order valence-corrected chi connectivity index (χ2v) is 8.93. The Morgan fingerprint density at radius 3 is 2.54 bits per heavy atom. The van der Waals surface area contributed by atoms with Gasteiger partial charge < -0.3 is 9.84 Å². The van der Waals surface area contributed by atoms with Gasteiger partial charge in [-0.2, -0.15) is 0 Å². The molecule has 0 radical (unpaired) electrons. The van der Waals surface area contributed by atoms with Crippen molar-refractivity contribution in [2.45, 2.75) is 27.2 Å². The molecule has 0 fully saturated rings. The fourth-order valence-electron chi connectivity index (χ4n) is 4.88. The van der Waals surface area contributed by atoms with Crippen molar-refractivity contribution >= 4 is 32.7 Å². The van der Waals surface area contributed by atoms with Gasteiger partial charge in [0.1, 0.15) is 22.8 Å². The Kier molecular flexibility index (Phi) is 4.92. The summed E-state index contributed by atoms with van der Waals surface area (Å²) >= 11 is 0. The van der Waals surface area contributed by atoms with E-state index in [-0.39, 0.29) is 5.75 Å². The molecule has 0 bridgehead atoms. The van der Waals surface area contributed by atoms with Gasteiger partial charge in [-0.15, -0.1) is 0 Å². The highest BCUT2D eigenvalue weighted by atomic mass is 16.5. The van der Waals surface area contributed by atoms with Gasteiger partial charge in [0.2, 0.25) is 5.88 Å². The maximum Gasteiger partial charge on any atom is 0.219 e. The Morgan fingerprint density at radius 2 is 1.71 bits per heavy atom.